The Morgan fingerprint density at radius 1 is 1.25 bits per heavy atom. The maximum atomic E-state index is 12.8. The van der Waals surface area contributed by atoms with Crippen molar-refractivity contribution < 1.29 is 14.6 Å². The van der Waals surface area contributed by atoms with Gasteiger partial charge in [-0.25, -0.2) is 0 Å². The van der Waals surface area contributed by atoms with E-state index in [1.807, 2.05) is 37.3 Å². The molecular formula is C21H20ClN3O3. The molecule has 1 N–H and O–H groups in total. The number of fused-ring (bicyclic) bond motifs is 1. The van der Waals surface area contributed by atoms with Gasteiger partial charge in [0, 0.05) is 29.0 Å². The quantitative estimate of drug-likeness (QED) is 0.732. The number of amides is 1. The number of carbonyl (C=O) groups excluding carboxylic acids is 1. The standard InChI is InChI=1S/C21H20ClN3O3/c1-14-5-6-23-25(14)13-20(27)24-7-8-28-21-17(12-24)9-16(11-19(21)26)15-3-2-4-18(22)10-15/h2-6,9-11,26H,7-8,12-13H2,1H3. The van der Waals surface area contributed by atoms with E-state index in [0.717, 1.165) is 22.4 Å². The van der Waals surface area contributed by atoms with Gasteiger partial charge in [0.05, 0.1) is 6.54 Å². The van der Waals surface area contributed by atoms with Crippen molar-refractivity contribution in [3.05, 3.63) is 64.9 Å². The van der Waals surface area contributed by atoms with Crippen molar-refractivity contribution in [1.82, 2.24) is 14.7 Å². The van der Waals surface area contributed by atoms with Gasteiger partial charge in [0.25, 0.3) is 0 Å². The second-order valence-corrected chi connectivity index (χ2v) is 7.22. The average molecular weight is 398 g/mol. The van der Waals surface area contributed by atoms with Crippen molar-refractivity contribution >= 4 is 17.5 Å². The van der Waals surface area contributed by atoms with Gasteiger partial charge in [-0.15, -0.1) is 0 Å². The predicted molar refractivity (Wildman–Crippen MR) is 106 cm³/mol. The molecule has 0 saturated heterocycles. The molecule has 1 amide bonds. The first-order valence-corrected chi connectivity index (χ1v) is 9.40. The van der Waals surface area contributed by atoms with Crippen LogP contribution in [-0.2, 0) is 17.9 Å². The number of phenolic OH excluding ortho intramolecular Hbond substituents is 1. The summed E-state index contributed by atoms with van der Waals surface area (Å²) >= 11 is 6.10. The van der Waals surface area contributed by atoms with E-state index in [4.69, 9.17) is 16.3 Å². The molecule has 4 rings (SSSR count). The number of aromatic nitrogens is 2. The van der Waals surface area contributed by atoms with Gasteiger partial charge in [-0.3, -0.25) is 9.48 Å². The van der Waals surface area contributed by atoms with Crippen molar-refractivity contribution in [2.75, 3.05) is 13.2 Å². The van der Waals surface area contributed by atoms with Crippen LogP contribution in [0.15, 0.2) is 48.7 Å². The maximum absolute atomic E-state index is 12.8. The molecule has 3 aromatic rings. The molecule has 7 heteroatoms. The Bertz CT molecular complexity index is 1030. The van der Waals surface area contributed by atoms with Crippen LogP contribution in [0.2, 0.25) is 5.02 Å². The molecule has 0 saturated carbocycles. The first kappa shape index (κ1) is 18.4. The summed E-state index contributed by atoms with van der Waals surface area (Å²) in [5.74, 6) is 0.442. The molecule has 0 fully saturated rings. The number of hydrogen-bond acceptors (Lipinski definition) is 4. The highest BCUT2D eigenvalue weighted by Gasteiger charge is 2.23. The lowest BCUT2D eigenvalue weighted by Crippen LogP contribution is -2.35. The van der Waals surface area contributed by atoms with E-state index in [0.29, 0.717) is 30.5 Å². The van der Waals surface area contributed by atoms with Crippen molar-refractivity contribution in [3.8, 4) is 22.6 Å². The van der Waals surface area contributed by atoms with E-state index in [1.54, 1.807) is 27.9 Å². The second kappa shape index (κ2) is 7.56. The van der Waals surface area contributed by atoms with Crippen molar-refractivity contribution in [2.45, 2.75) is 20.0 Å². The molecule has 1 aliphatic rings. The number of hydrogen-bond donors (Lipinski definition) is 1. The zero-order valence-corrected chi connectivity index (χ0v) is 16.2. The van der Waals surface area contributed by atoms with E-state index in [9.17, 15) is 9.90 Å². The van der Waals surface area contributed by atoms with Gasteiger partial charge in [0.15, 0.2) is 11.5 Å². The van der Waals surface area contributed by atoms with E-state index in [-0.39, 0.29) is 18.2 Å². The number of ether oxygens (including phenoxy) is 1. The monoisotopic (exact) mass is 397 g/mol. The topological polar surface area (TPSA) is 67.6 Å². The molecule has 0 aliphatic carbocycles. The van der Waals surface area contributed by atoms with E-state index in [2.05, 4.69) is 5.10 Å². The first-order valence-electron chi connectivity index (χ1n) is 9.02. The molecule has 6 nitrogen and oxygen atoms in total. The molecule has 0 spiro atoms. The normalized spacial score (nSPS) is 13.6. The highest BCUT2D eigenvalue weighted by atomic mass is 35.5. The number of halogens is 1. The summed E-state index contributed by atoms with van der Waals surface area (Å²) in [7, 11) is 0. The van der Waals surface area contributed by atoms with Gasteiger partial charge in [-0.2, -0.15) is 5.10 Å². The van der Waals surface area contributed by atoms with E-state index < -0.39 is 0 Å². The molecule has 1 aliphatic heterocycles. The number of phenols is 1. The number of nitrogens with zero attached hydrogens (tertiary/aromatic N) is 3. The van der Waals surface area contributed by atoms with Crippen LogP contribution in [0.5, 0.6) is 11.5 Å². The summed E-state index contributed by atoms with van der Waals surface area (Å²) in [4.78, 5) is 14.5. The Balaban J connectivity index is 1.63. The number of rotatable bonds is 3. The van der Waals surface area contributed by atoms with Gasteiger partial charge < -0.3 is 14.7 Å². The van der Waals surface area contributed by atoms with Crippen LogP contribution in [0.4, 0.5) is 0 Å². The third kappa shape index (κ3) is 3.68. The van der Waals surface area contributed by atoms with Gasteiger partial charge >= 0.3 is 0 Å². The summed E-state index contributed by atoms with van der Waals surface area (Å²) < 4.78 is 7.42. The molecule has 28 heavy (non-hydrogen) atoms. The molecule has 1 aromatic heterocycles. The second-order valence-electron chi connectivity index (χ2n) is 6.79. The van der Waals surface area contributed by atoms with Gasteiger partial charge in [-0.05, 0) is 48.4 Å². The van der Waals surface area contributed by atoms with E-state index >= 15 is 0 Å². The highest BCUT2D eigenvalue weighted by molar-refractivity contribution is 6.30. The zero-order chi connectivity index (χ0) is 19.7. The SMILES string of the molecule is Cc1ccnn1CC(=O)N1CCOc2c(O)cc(-c3cccc(Cl)c3)cc2C1. The third-order valence-electron chi connectivity index (χ3n) is 4.84. The molecule has 2 heterocycles. The van der Waals surface area contributed by atoms with Crippen LogP contribution in [-0.4, -0.2) is 38.8 Å². The Morgan fingerprint density at radius 2 is 2.11 bits per heavy atom. The lowest BCUT2D eigenvalue weighted by Gasteiger charge is -2.20. The zero-order valence-electron chi connectivity index (χ0n) is 15.4. The first-order chi connectivity index (χ1) is 13.5. The van der Waals surface area contributed by atoms with Crippen LogP contribution in [0.3, 0.4) is 0 Å². The van der Waals surface area contributed by atoms with Gasteiger partial charge in [0.1, 0.15) is 13.2 Å². The van der Waals surface area contributed by atoms with Crippen LogP contribution in [0.25, 0.3) is 11.1 Å². The molecule has 144 valence electrons. The average Bonchev–Trinajstić information content (AvgIpc) is 2.94. The van der Waals surface area contributed by atoms with Gasteiger partial charge in [0.2, 0.25) is 5.91 Å². The fraction of sp³-hybridized carbons (Fsp3) is 0.238. The van der Waals surface area contributed by atoms with Crippen LogP contribution < -0.4 is 4.74 Å². The lowest BCUT2D eigenvalue weighted by molar-refractivity contribution is -0.132. The summed E-state index contributed by atoms with van der Waals surface area (Å²) in [5, 5.41) is 15.3. The van der Waals surface area contributed by atoms with Crippen molar-refractivity contribution in [2.24, 2.45) is 0 Å². The molecule has 0 unspecified atom stereocenters. The van der Waals surface area contributed by atoms with Crippen molar-refractivity contribution in [3.63, 3.8) is 0 Å². The minimum absolute atomic E-state index is 0.0455. The smallest absolute Gasteiger partial charge is 0.244 e. The minimum atomic E-state index is -0.0455. The fourth-order valence-electron chi connectivity index (χ4n) is 3.34. The molecule has 0 bridgehead atoms. The summed E-state index contributed by atoms with van der Waals surface area (Å²) in [5.41, 5.74) is 3.40. The number of aromatic hydroxyl groups is 1. The molecule has 0 atom stereocenters. The predicted octanol–water partition coefficient (Wildman–Crippen LogP) is 3.64. The Morgan fingerprint density at radius 3 is 2.86 bits per heavy atom. The summed E-state index contributed by atoms with van der Waals surface area (Å²) in [6.45, 7) is 3.21. The summed E-state index contributed by atoms with van der Waals surface area (Å²) in [6.07, 6.45) is 1.68. The molecule has 2 aromatic carbocycles. The number of carbonyl (C=O) groups is 1. The number of aryl methyl sites for hydroxylation is 1. The van der Waals surface area contributed by atoms with Gasteiger partial charge in [-0.1, -0.05) is 23.7 Å². The van der Waals surface area contributed by atoms with Crippen LogP contribution in [0, 0.1) is 6.92 Å². The van der Waals surface area contributed by atoms with E-state index in [1.165, 1.54) is 0 Å². The third-order valence-corrected chi connectivity index (χ3v) is 5.07. The van der Waals surface area contributed by atoms with Crippen molar-refractivity contribution in [1.29, 1.82) is 0 Å². The molecule has 0 radical (unpaired) electrons. The Labute approximate surface area is 167 Å². The summed E-state index contributed by atoms with van der Waals surface area (Å²) in [6, 6.07) is 12.9. The maximum Gasteiger partial charge on any atom is 0.244 e. The molecular weight excluding hydrogens is 378 g/mol. The minimum Gasteiger partial charge on any atom is -0.504 e. The fourth-order valence-corrected chi connectivity index (χ4v) is 3.53. The highest BCUT2D eigenvalue weighted by Crippen LogP contribution is 2.38. The van der Waals surface area contributed by atoms with Crippen LogP contribution >= 0.6 is 11.6 Å². The Kier molecular flexibility index (Phi) is 4.96. The number of benzene rings is 2. The largest absolute Gasteiger partial charge is 0.504 e. The Hall–Kier alpha value is -2.99. The van der Waals surface area contributed by atoms with Crippen LogP contribution in [0.1, 0.15) is 11.3 Å². The lowest BCUT2D eigenvalue weighted by atomic mass is 10.0.